The first-order valence-corrected chi connectivity index (χ1v) is 7.61. The summed E-state index contributed by atoms with van der Waals surface area (Å²) in [6, 6.07) is 7.70. The molecule has 3 aromatic rings. The molecule has 0 aliphatic carbocycles. The van der Waals surface area contributed by atoms with Gasteiger partial charge in [0.15, 0.2) is 5.69 Å². The Kier molecular flexibility index (Phi) is 4.29. The third-order valence-corrected chi connectivity index (χ3v) is 3.86. The zero-order chi connectivity index (χ0) is 18.0. The first-order chi connectivity index (χ1) is 12.0. The lowest BCUT2D eigenvalue weighted by molar-refractivity contribution is -0.386. The fourth-order valence-electron chi connectivity index (χ4n) is 2.35. The van der Waals surface area contributed by atoms with Gasteiger partial charge in [-0.1, -0.05) is 18.2 Å². The van der Waals surface area contributed by atoms with Gasteiger partial charge in [-0.25, -0.2) is 9.97 Å². The van der Waals surface area contributed by atoms with Crippen LogP contribution >= 0.6 is 0 Å². The van der Waals surface area contributed by atoms with Crippen molar-refractivity contribution in [1.29, 1.82) is 0 Å². The summed E-state index contributed by atoms with van der Waals surface area (Å²) in [5, 5.41) is 13.8. The minimum atomic E-state index is -0.799. The molecule has 0 radical (unpaired) electrons. The van der Waals surface area contributed by atoms with Gasteiger partial charge in [-0.05, 0) is 30.7 Å². The van der Waals surface area contributed by atoms with Crippen LogP contribution in [0.1, 0.15) is 18.2 Å². The summed E-state index contributed by atoms with van der Waals surface area (Å²) in [5.74, 6) is 0.0789. The van der Waals surface area contributed by atoms with Crippen molar-refractivity contribution >= 4 is 29.3 Å². The van der Waals surface area contributed by atoms with Gasteiger partial charge in [-0.2, -0.15) is 4.52 Å². The van der Waals surface area contributed by atoms with E-state index < -0.39 is 16.2 Å². The summed E-state index contributed by atoms with van der Waals surface area (Å²) in [6.07, 6.45) is 4.38. The summed E-state index contributed by atoms with van der Waals surface area (Å²) < 4.78 is 0.935. The maximum atomic E-state index is 12.2. The van der Waals surface area contributed by atoms with Gasteiger partial charge in [0, 0.05) is 19.3 Å². The maximum absolute atomic E-state index is 12.2. The van der Waals surface area contributed by atoms with Crippen molar-refractivity contribution in [2.75, 3.05) is 18.5 Å². The van der Waals surface area contributed by atoms with Crippen molar-refractivity contribution in [2.24, 2.45) is 0 Å². The number of aromatic amines is 1. The smallest absolute Gasteiger partial charge is 0.361 e. The molecule has 1 N–H and O–H groups in total. The first-order valence-electron chi connectivity index (χ1n) is 7.61. The number of fused-ring (bicyclic) bond motifs is 1. The van der Waals surface area contributed by atoms with E-state index in [1.165, 1.54) is 12.4 Å². The lowest BCUT2D eigenvalue weighted by Crippen LogP contribution is -2.20. The number of anilines is 1. The molecule has 3 rings (SSSR count). The zero-order valence-corrected chi connectivity index (χ0v) is 13.7. The predicted molar refractivity (Wildman–Crippen MR) is 94.6 cm³/mol. The Morgan fingerprint density at radius 2 is 2.04 bits per heavy atom. The van der Waals surface area contributed by atoms with E-state index in [1.54, 1.807) is 6.08 Å². The molecule has 0 unspecified atom stereocenters. The Hall–Kier alpha value is -3.49. The normalized spacial score (nSPS) is 11.3. The Bertz CT molecular complexity index is 1000. The molecule has 0 saturated heterocycles. The average molecular weight is 340 g/mol. The number of nitro groups is 1. The van der Waals surface area contributed by atoms with Crippen LogP contribution in [-0.2, 0) is 0 Å². The number of H-pyrrole nitrogens is 1. The molecule has 0 bridgehead atoms. The summed E-state index contributed by atoms with van der Waals surface area (Å²) in [7, 11) is 1.99. The van der Waals surface area contributed by atoms with Crippen molar-refractivity contribution in [1.82, 2.24) is 19.6 Å². The topological polar surface area (TPSA) is 109 Å². The van der Waals surface area contributed by atoms with E-state index in [2.05, 4.69) is 26.9 Å². The molecule has 0 atom stereocenters. The second-order valence-corrected chi connectivity index (χ2v) is 5.37. The highest BCUT2D eigenvalue weighted by Gasteiger charge is 2.22. The van der Waals surface area contributed by atoms with Crippen molar-refractivity contribution < 1.29 is 4.92 Å². The molecule has 0 fully saturated rings. The summed E-state index contributed by atoms with van der Waals surface area (Å²) >= 11 is 0. The van der Waals surface area contributed by atoms with Crippen LogP contribution in [0.5, 0.6) is 0 Å². The van der Waals surface area contributed by atoms with Crippen LogP contribution in [-0.4, -0.2) is 38.1 Å². The molecule has 128 valence electrons. The second kappa shape index (κ2) is 6.56. The fraction of sp³-hybridized carbons (Fsp3) is 0.188. The van der Waals surface area contributed by atoms with Gasteiger partial charge < -0.3 is 4.90 Å². The molecule has 9 nitrogen and oxygen atoms in total. The molecular weight excluding hydrogens is 324 g/mol. The standard InChI is InChI=1S/C16H16N6O3/c1-3-20(2)12-7-4-11(5-8-12)6-9-13-14(22(24)25)15(23)21-16(19-13)17-10-18-21/h4-10H,3H2,1-2H3,(H,17,18,19)/b9-6+. The highest BCUT2D eigenvalue weighted by Crippen LogP contribution is 2.18. The van der Waals surface area contributed by atoms with Crippen molar-refractivity contribution in [3.8, 4) is 0 Å². The molecule has 9 heteroatoms. The number of aromatic nitrogens is 4. The Morgan fingerprint density at radius 3 is 2.68 bits per heavy atom. The molecule has 0 saturated carbocycles. The lowest BCUT2D eigenvalue weighted by Gasteiger charge is -2.16. The first kappa shape index (κ1) is 16.4. The summed E-state index contributed by atoms with van der Waals surface area (Å²) in [5.41, 5.74) is 0.482. The number of nitrogens with one attached hydrogen (secondary N) is 1. The largest absolute Gasteiger partial charge is 0.375 e. The van der Waals surface area contributed by atoms with Gasteiger partial charge in [-0.15, -0.1) is 0 Å². The van der Waals surface area contributed by atoms with Crippen LogP contribution in [0, 0.1) is 10.1 Å². The lowest BCUT2D eigenvalue weighted by atomic mass is 10.1. The van der Waals surface area contributed by atoms with Crippen LogP contribution in [0.15, 0.2) is 35.4 Å². The van der Waals surface area contributed by atoms with Gasteiger partial charge in [0.05, 0.1) is 4.92 Å². The Labute approximate surface area is 142 Å². The van der Waals surface area contributed by atoms with E-state index >= 15 is 0 Å². The summed E-state index contributed by atoms with van der Waals surface area (Å²) in [4.78, 5) is 32.7. The van der Waals surface area contributed by atoms with Crippen LogP contribution in [0.4, 0.5) is 11.4 Å². The van der Waals surface area contributed by atoms with Crippen LogP contribution < -0.4 is 10.5 Å². The fourth-order valence-corrected chi connectivity index (χ4v) is 2.35. The second-order valence-electron chi connectivity index (χ2n) is 5.37. The molecule has 25 heavy (non-hydrogen) atoms. The number of nitrogens with zero attached hydrogens (tertiary/aromatic N) is 5. The molecule has 0 spiro atoms. The number of benzene rings is 1. The monoisotopic (exact) mass is 340 g/mol. The number of hydrogen-bond acceptors (Lipinski definition) is 6. The summed E-state index contributed by atoms with van der Waals surface area (Å²) in [6.45, 7) is 2.95. The predicted octanol–water partition coefficient (Wildman–Crippen LogP) is 1.95. The third kappa shape index (κ3) is 3.11. The Balaban J connectivity index is 1.99. The van der Waals surface area contributed by atoms with E-state index in [-0.39, 0.29) is 11.5 Å². The van der Waals surface area contributed by atoms with E-state index in [0.29, 0.717) is 0 Å². The molecule has 0 aliphatic heterocycles. The molecular formula is C16H16N6O3. The van der Waals surface area contributed by atoms with Gasteiger partial charge >= 0.3 is 11.2 Å². The maximum Gasteiger partial charge on any atom is 0.361 e. The number of rotatable bonds is 5. The minimum absolute atomic E-state index is 0.0307. The molecule has 2 aromatic heterocycles. The molecule has 0 aliphatic rings. The van der Waals surface area contributed by atoms with Crippen molar-refractivity contribution in [3.05, 3.63) is 62.3 Å². The van der Waals surface area contributed by atoms with Crippen LogP contribution in [0.3, 0.4) is 0 Å². The van der Waals surface area contributed by atoms with Gasteiger partial charge in [0.25, 0.3) is 5.78 Å². The molecule has 1 aromatic carbocycles. The van der Waals surface area contributed by atoms with Crippen LogP contribution in [0.2, 0.25) is 0 Å². The molecule has 2 heterocycles. The minimum Gasteiger partial charge on any atom is -0.375 e. The average Bonchev–Trinajstić information content (AvgIpc) is 3.08. The molecule has 0 amide bonds. The van der Waals surface area contributed by atoms with Gasteiger partial charge in [0.2, 0.25) is 0 Å². The van der Waals surface area contributed by atoms with E-state index in [0.717, 1.165) is 22.3 Å². The van der Waals surface area contributed by atoms with Crippen molar-refractivity contribution in [3.63, 3.8) is 0 Å². The highest BCUT2D eigenvalue weighted by molar-refractivity contribution is 5.73. The van der Waals surface area contributed by atoms with Gasteiger partial charge in [-0.3, -0.25) is 20.0 Å². The zero-order valence-electron chi connectivity index (χ0n) is 13.7. The third-order valence-electron chi connectivity index (χ3n) is 3.86. The van der Waals surface area contributed by atoms with Crippen molar-refractivity contribution in [2.45, 2.75) is 6.92 Å². The number of hydrogen-bond donors (Lipinski definition) is 1. The van der Waals surface area contributed by atoms with E-state index in [9.17, 15) is 14.9 Å². The van der Waals surface area contributed by atoms with Gasteiger partial charge in [0.1, 0.15) is 6.33 Å². The highest BCUT2D eigenvalue weighted by atomic mass is 16.6. The van der Waals surface area contributed by atoms with Crippen LogP contribution in [0.25, 0.3) is 17.9 Å². The van der Waals surface area contributed by atoms with E-state index in [4.69, 9.17) is 0 Å². The quantitative estimate of drug-likeness (QED) is 0.561. The Morgan fingerprint density at radius 1 is 1.32 bits per heavy atom. The SMILES string of the molecule is CCN(C)c1ccc(/C=C/c2nc3nc[nH]n3c(=O)c2[N+](=O)[O-])cc1. The van der Waals surface area contributed by atoms with E-state index in [1.807, 2.05) is 31.3 Å².